The van der Waals surface area contributed by atoms with Gasteiger partial charge in [-0.05, 0) is 19.3 Å². The summed E-state index contributed by atoms with van der Waals surface area (Å²) in [5, 5.41) is 12.8. The van der Waals surface area contributed by atoms with Gasteiger partial charge in [-0.3, -0.25) is 4.68 Å². The van der Waals surface area contributed by atoms with Crippen LogP contribution in [0.5, 0.6) is 0 Å². The molecule has 0 radical (unpaired) electrons. The Kier molecular flexibility index (Phi) is 2.03. The Balaban J connectivity index is 2.21. The first-order valence-electron chi connectivity index (χ1n) is 4.51. The molecule has 1 fully saturated rings. The molecule has 0 amide bonds. The molecule has 2 rings (SSSR count). The molecule has 68 valence electrons. The SMILES string of the molecule is N#Cc1cnn(C2CCCC2N)c1. The van der Waals surface area contributed by atoms with Crippen LogP contribution in [0.1, 0.15) is 30.9 Å². The molecular formula is C9H12N4. The lowest BCUT2D eigenvalue weighted by Crippen LogP contribution is -2.27. The third-order valence-electron chi connectivity index (χ3n) is 2.60. The summed E-state index contributed by atoms with van der Waals surface area (Å²) in [7, 11) is 0. The molecule has 2 atom stereocenters. The van der Waals surface area contributed by atoms with E-state index in [9.17, 15) is 0 Å². The highest BCUT2D eigenvalue weighted by molar-refractivity contribution is 5.22. The second-order valence-corrected chi connectivity index (χ2v) is 3.48. The lowest BCUT2D eigenvalue weighted by atomic mass is 10.2. The van der Waals surface area contributed by atoms with Gasteiger partial charge in [0.05, 0.1) is 17.8 Å². The fourth-order valence-corrected chi connectivity index (χ4v) is 1.87. The van der Waals surface area contributed by atoms with E-state index < -0.39 is 0 Å². The van der Waals surface area contributed by atoms with E-state index in [1.807, 2.05) is 4.68 Å². The van der Waals surface area contributed by atoms with Crippen molar-refractivity contribution in [1.29, 1.82) is 5.26 Å². The number of nitrogens with zero attached hydrogens (tertiary/aromatic N) is 3. The van der Waals surface area contributed by atoms with E-state index in [-0.39, 0.29) is 6.04 Å². The van der Waals surface area contributed by atoms with Crippen LogP contribution in [0.2, 0.25) is 0 Å². The number of hydrogen-bond acceptors (Lipinski definition) is 3. The van der Waals surface area contributed by atoms with Crippen molar-refractivity contribution in [3.63, 3.8) is 0 Å². The third kappa shape index (κ3) is 1.43. The van der Waals surface area contributed by atoms with Crippen LogP contribution in [0.25, 0.3) is 0 Å². The summed E-state index contributed by atoms with van der Waals surface area (Å²) < 4.78 is 1.83. The van der Waals surface area contributed by atoms with E-state index in [2.05, 4.69) is 11.2 Å². The van der Waals surface area contributed by atoms with Crippen molar-refractivity contribution in [1.82, 2.24) is 9.78 Å². The van der Waals surface area contributed by atoms with Crippen LogP contribution >= 0.6 is 0 Å². The van der Waals surface area contributed by atoms with E-state index in [1.165, 1.54) is 0 Å². The molecule has 0 bridgehead atoms. The first-order valence-corrected chi connectivity index (χ1v) is 4.51. The standard InChI is InChI=1S/C9H12N4/c10-4-7-5-12-13(6-7)9-3-1-2-8(9)11/h5-6,8-9H,1-3,11H2. The summed E-state index contributed by atoms with van der Waals surface area (Å²) in [6.45, 7) is 0. The minimum Gasteiger partial charge on any atom is -0.326 e. The maximum Gasteiger partial charge on any atom is 0.102 e. The number of nitriles is 1. The fraction of sp³-hybridized carbons (Fsp3) is 0.556. The Morgan fingerprint density at radius 1 is 1.62 bits per heavy atom. The van der Waals surface area contributed by atoms with Crippen LogP contribution in [-0.2, 0) is 0 Å². The van der Waals surface area contributed by atoms with Gasteiger partial charge in [0.1, 0.15) is 6.07 Å². The second kappa shape index (κ2) is 3.19. The van der Waals surface area contributed by atoms with Crippen molar-refractivity contribution in [3.05, 3.63) is 18.0 Å². The molecule has 1 aliphatic rings. The molecular weight excluding hydrogens is 164 g/mol. The van der Waals surface area contributed by atoms with E-state index in [0.29, 0.717) is 11.6 Å². The highest BCUT2D eigenvalue weighted by Gasteiger charge is 2.25. The van der Waals surface area contributed by atoms with E-state index in [4.69, 9.17) is 11.0 Å². The summed E-state index contributed by atoms with van der Waals surface area (Å²) in [6, 6.07) is 2.56. The van der Waals surface area contributed by atoms with Crippen LogP contribution in [0.15, 0.2) is 12.4 Å². The lowest BCUT2D eigenvalue weighted by molar-refractivity contribution is 0.421. The average molecular weight is 176 g/mol. The second-order valence-electron chi connectivity index (χ2n) is 3.48. The van der Waals surface area contributed by atoms with Crippen LogP contribution in [0, 0.1) is 11.3 Å². The fourth-order valence-electron chi connectivity index (χ4n) is 1.87. The van der Waals surface area contributed by atoms with Gasteiger partial charge in [-0.1, -0.05) is 0 Å². The Morgan fingerprint density at radius 2 is 2.46 bits per heavy atom. The summed E-state index contributed by atoms with van der Waals surface area (Å²) in [5.41, 5.74) is 6.53. The molecule has 1 aromatic rings. The highest BCUT2D eigenvalue weighted by atomic mass is 15.3. The first-order chi connectivity index (χ1) is 6.31. The lowest BCUT2D eigenvalue weighted by Gasteiger charge is -2.15. The smallest absolute Gasteiger partial charge is 0.102 e. The van der Waals surface area contributed by atoms with E-state index in [1.54, 1.807) is 12.4 Å². The molecule has 0 saturated heterocycles. The zero-order valence-corrected chi connectivity index (χ0v) is 7.35. The number of hydrogen-bond donors (Lipinski definition) is 1. The zero-order chi connectivity index (χ0) is 9.26. The highest BCUT2D eigenvalue weighted by Crippen LogP contribution is 2.27. The van der Waals surface area contributed by atoms with Gasteiger partial charge in [0.2, 0.25) is 0 Å². The molecule has 4 nitrogen and oxygen atoms in total. The van der Waals surface area contributed by atoms with Gasteiger partial charge in [0, 0.05) is 12.2 Å². The van der Waals surface area contributed by atoms with Crippen molar-refractivity contribution in [2.45, 2.75) is 31.3 Å². The van der Waals surface area contributed by atoms with Crippen LogP contribution in [0.3, 0.4) is 0 Å². The molecule has 1 aromatic heterocycles. The van der Waals surface area contributed by atoms with Crippen LogP contribution in [0.4, 0.5) is 0 Å². The predicted octanol–water partition coefficient (Wildman–Crippen LogP) is 0.807. The number of rotatable bonds is 1. The summed E-state index contributed by atoms with van der Waals surface area (Å²) >= 11 is 0. The quantitative estimate of drug-likeness (QED) is 0.688. The summed E-state index contributed by atoms with van der Waals surface area (Å²) in [6.07, 6.45) is 6.66. The van der Waals surface area contributed by atoms with Crippen molar-refractivity contribution in [2.75, 3.05) is 0 Å². The molecule has 0 aliphatic heterocycles. The van der Waals surface area contributed by atoms with E-state index >= 15 is 0 Å². The molecule has 0 spiro atoms. The normalized spacial score (nSPS) is 27.4. The molecule has 13 heavy (non-hydrogen) atoms. The minimum absolute atomic E-state index is 0.200. The first kappa shape index (κ1) is 8.27. The molecule has 2 unspecified atom stereocenters. The van der Waals surface area contributed by atoms with Crippen molar-refractivity contribution < 1.29 is 0 Å². The van der Waals surface area contributed by atoms with Gasteiger partial charge in [-0.25, -0.2) is 0 Å². The van der Waals surface area contributed by atoms with Gasteiger partial charge < -0.3 is 5.73 Å². The number of aromatic nitrogens is 2. The Labute approximate surface area is 77.0 Å². The molecule has 1 heterocycles. The Hall–Kier alpha value is -1.34. The number of nitrogens with two attached hydrogens (primary N) is 1. The monoisotopic (exact) mass is 176 g/mol. The third-order valence-corrected chi connectivity index (χ3v) is 2.60. The molecule has 1 saturated carbocycles. The van der Waals surface area contributed by atoms with Gasteiger partial charge in [-0.15, -0.1) is 0 Å². The zero-order valence-electron chi connectivity index (χ0n) is 7.35. The Morgan fingerprint density at radius 3 is 3.00 bits per heavy atom. The summed E-state index contributed by atoms with van der Waals surface area (Å²) in [5.74, 6) is 0. The molecule has 2 N–H and O–H groups in total. The topological polar surface area (TPSA) is 67.6 Å². The van der Waals surface area contributed by atoms with Gasteiger partial charge in [0.15, 0.2) is 0 Å². The molecule has 1 aliphatic carbocycles. The maximum atomic E-state index is 8.63. The molecule has 4 heteroatoms. The van der Waals surface area contributed by atoms with Gasteiger partial charge in [0.25, 0.3) is 0 Å². The van der Waals surface area contributed by atoms with Crippen LogP contribution < -0.4 is 5.73 Å². The summed E-state index contributed by atoms with van der Waals surface area (Å²) in [4.78, 5) is 0. The van der Waals surface area contributed by atoms with Crippen molar-refractivity contribution in [3.8, 4) is 6.07 Å². The largest absolute Gasteiger partial charge is 0.326 e. The van der Waals surface area contributed by atoms with E-state index in [0.717, 1.165) is 19.3 Å². The van der Waals surface area contributed by atoms with Crippen molar-refractivity contribution >= 4 is 0 Å². The van der Waals surface area contributed by atoms with Gasteiger partial charge >= 0.3 is 0 Å². The van der Waals surface area contributed by atoms with Crippen molar-refractivity contribution in [2.24, 2.45) is 5.73 Å². The predicted molar refractivity (Wildman–Crippen MR) is 47.8 cm³/mol. The van der Waals surface area contributed by atoms with Crippen LogP contribution in [-0.4, -0.2) is 15.8 Å². The maximum absolute atomic E-state index is 8.63. The molecule has 0 aromatic carbocycles. The Bertz CT molecular complexity index is 336. The van der Waals surface area contributed by atoms with Gasteiger partial charge in [-0.2, -0.15) is 10.4 Å². The average Bonchev–Trinajstić information content (AvgIpc) is 2.71. The minimum atomic E-state index is 0.200.